The van der Waals surface area contributed by atoms with Gasteiger partial charge >= 0.3 is 0 Å². The van der Waals surface area contributed by atoms with Crippen LogP contribution in [-0.2, 0) is 0 Å². The van der Waals surface area contributed by atoms with Crippen LogP contribution in [0.5, 0.6) is 5.75 Å². The molecule has 0 fully saturated rings. The molecule has 4 nitrogen and oxygen atoms in total. The van der Waals surface area contributed by atoms with Crippen molar-refractivity contribution in [1.82, 2.24) is 0 Å². The van der Waals surface area contributed by atoms with E-state index >= 15 is 0 Å². The molecule has 0 bridgehead atoms. The van der Waals surface area contributed by atoms with Gasteiger partial charge < -0.3 is 15.8 Å². The number of hydrogen-bond donors (Lipinski definition) is 2. The summed E-state index contributed by atoms with van der Waals surface area (Å²) in [5, 5.41) is 2.84. The van der Waals surface area contributed by atoms with Gasteiger partial charge in [-0.1, -0.05) is 6.07 Å². The third-order valence-electron chi connectivity index (χ3n) is 2.70. The van der Waals surface area contributed by atoms with E-state index in [0.717, 1.165) is 8.95 Å². The molecule has 0 aliphatic carbocycles. The van der Waals surface area contributed by atoms with E-state index in [0.29, 0.717) is 22.7 Å². The van der Waals surface area contributed by atoms with Gasteiger partial charge in [0, 0.05) is 14.5 Å². The second kappa shape index (κ2) is 6.28. The Balaban J connectivity index is 2.29. The lowest BCUT2D eigenvalue weighted by molar-refractivity contribution is 0.102. The van der Waals surface area contributed by atoms with E-state index in [1.54, 1.807) is 18.2 Å². The van der Waals surface area contributed by atoms with Crippen molar-refractivity contribution in [2.75, 3.05) is 18.2 Å². The minimum atomic E-state index is -0.240. The van der Waals surface area contributed by atoms with Crippen LogP contribution < -0.4 is 15.8 Å². The second-order valence-corrected chi connectivity index (χ2v) is 5.72. The van der Waals surface area contributed by atoms with Crippen LogP contribution in [-0.4, -0.2) is 13.0 Å². The lowest BCUT2D eigenvalue weighted by Gasteiger charge is -2.11. The molecule has 2 aromatic carbocycles. The van der Waals surface area contributed by atoms with Crippen LogP contribution in [0, 0.1) is 0 Å². The molecule has 104 valence electrons. The number of para-hydroxylation sites is 1. The molecule has 0 saturated heterocycles. The largest absolute Gasteiger partial charge is 0.495 e. The molecule has 0 heterocycles. The average Bonchev–Trinajstić information content (AvgIpc) is 2.43. The Morgan fingerprint density at radius 1 is 1.20 bits per heavy atom. The molecular weight excluding hydrogens is 388 g/mol. The highest BCUT2D eigenvalue weighted by Gasteiger charge is 2.12. The highest BCUT2D eigenvalue weighted by atomic mass is 79.9. The van der Waals surface area contributed by atoms with E-state index in [-0.39, 0.29) is 5.91 Å². The van der Waals surface area contributed by atoms with Crippen molar-refractivity contribution in [2.45, 2.75) is 0 Å². The Labute approximate surface area is 133 Å². The summed E-state index contributed by atoms with van der Waals surface area (Å²) in [6.45, 7) is 0. The maximum atomic E-state index is 12.2. The van der Waals surface area contributed by atoms with Crippen LogP contribution >= 0.6 is 31.9 Å². The molecule has 20 heavy (non-hydrogen) atoms. The zero-order valence-electron chi connectivity index (χ0n) is 10.6. The van der Waals surface area contributed by atoms with Crippen LogP contribution in [0.3, 0.4) is 0 Å². The number of nitrogens with two attached hydrogens (primary N) is 1. The average molecular weight is 400 g/mol. The number of carbonyl (C=O) groups excluding carboxylic acids is 1. The molecule has 0 radical (unpaired) electrons. The number of benzene rings is 2. The van der Waals surface area contributed by atoms with Gasteiger partial charge in [-0.3, -0.25) is 4.79 Å². The second-order valence-electron chi connectivity index (χ2n) is 4.01. The van der Waals surface area contributed by atoms with Crippen molar-refractivity contribution in [3.8, 4) is 5.75 Å². The molecule has 0 spiro atoms. The highest BCUT2D eigenvalue weighted by molar-refractivity contribution is 9.11. The number of amides is 1. The molecule has 0 aromatic heterocycles. The summed E-state index contributed by atoms with van der Waals surface area (Å²) in [4.78, 5) is 12.2. The number of rotatable bonds is 3. The summed E-state index contributed by atoms with van der Waals surface area (Å²) in [6, 6.07) is 10.5. The van der Waals surface area contributed by atoms with Crippen molar-refractivity contribution in [3.05, 3.63) is 50.9 Å². The number of carbonyl (C=O) groups is 1. The maximum absolute atomic E-state index is 12.2. The van der Waals surface area contributed by atoms with E-state index in [1.165, 1.54) is 7.11 Å². The topological polar surface area (TPSA) is 64.3 Å². The first-order valence-corrected chi connectivity index (χ1v) is 7.30. The summed E-state index contributed by atoms with van der Waals surface area (Å²) in [5.74, 6) is 0.236. The summed E-state index contributed by atoms with van der Waals surface area (Å²) in [5.41, 5.74) is 7.37. The molecule has 0 aliphatic heterocycles. The van der Waals surface area contributed by atoms with Crippen LogP contribution in [0.2, 0.25) is 0 Å². The standard InChI is InChI=1S/C14H12Br2N2O2/c1-20-12-7-8(5-6-11(12)17)14(19)18-13-9(15)3-2-4-10(13)16/h2-7H,17H2,1H3,(H,18,19). The van der Waals surface area contributed by atoms with Gasteiger partial charge in [0.05, 0.1) is 18.5 Å². The molecule has 6 heteroatoms. The Morgan fingerprint density at radius 2 is 1.85 bits per heavy atom. The van der Waals surface area contributed by atoms with Gasteiger partial charge in [-0.05, 0) is 62.2 Å². The SMILES string of the molecule is COc1cc(C(=O)Nc2c(Br)cccc2Br)ccc1N. The first-order chi connectivity index (χ1) is 9.52. The van der Waals surface area contributed by atoms with Gasteiger partial charge in [0.15, 0.2) is 0 Å². The Kier molecular flexibility index (Phi) is 4.67. The molecule has 1 amide bonds. The van der Waals surface area contributed by atoms with E-state index in [4.69, 9.17) is 10.5 Å². The fourth-order valence-corrected chi connectivity index (χ4v) is 2.85. The minimum absolute atomic E-state index is 0.240. The number of ether oxygens (including phenoxy) is 1. The van der Waals surface area contributed by atoms with Crippen LogP contribution in [0.4, 0.5) is 11.4 Å². The van der Waals surface area contributed by atoms with Crippen LogP contribution in [0.25, 0.3) is 0 Å². The van der Waals surface area contributed by atoms with Crippen molar-refractivity contribution in [2.24, 2.45) is 0 Å². The zero-order valence-corrected chi connectivity index (χ0v) is 13.8. The van der Waals surface area contributed by atoms with E-state index in [9.17, 15) is 4.79 Å². The fraction of sp³-hybridized carbons (Fsp3) is 0.0714. The Morgan fingerprint density at radius 3 is 2.45 bits per heavy atom. The number of nitrogens with one attached hydrogen (secondary N) is 1. The number of anilines is 2. The smallest absolute Gasteiger partial charge is 0.255 e. The summed E-state index contributed by atoms with van der Waals surface area (Å²) >= 11 is 6.80. The highest BCUT2D eigenvalue weighted by Crippen LogP contribution is 2.31. The van der Waals surface area contributed by atoms with Crippen LogP contribution in [0.15, 0.2) is 45.3 Å². The Hall–Kier alpha value is -1.53. The summed E-state index contributed by atoms with van der Waals surface area (Å²) in [6.07, 6.45) is 0. The number of halogens is 2. The molecule has 0 aliphatic rings. The monoisotopic (exact) mass is 398 g/mol. The van der Waals surface area contributed by atoms with E-state index in [2.05, 4.69) is 37.2 Å². The van der Waals surface area contributed by atoms with E-state index < -0.39 is 0 Å². The van der Waals surface area contributed by atoms with Gasteiger partial charge in [-0.25, -0.2) is 0 Å². The number of nitrogen functional groups attached to an aromatic ring is 1. The predicted octanol–water partition coefficient (Wildman–Crippen LogP) is 4.05. The van der Waals surface area contributed by atoms with Gasteiger partial charge in [0.2, 0.25) is 0 Å². The van der Waals surface area contributed by atoms with E-state index in [1.807, 2.05) is 18.2 Å². The normalized spacial score (nSPS) is 10.2. The molecule has 3 N–H and O–H groups in total. The molecule has 2 rings (SSSR count). The first-order valence-electron chi connectivity index (χ1n) is 5.72. The Bertz CT molecular complexity index is 639. The molecule has 0 saturated carbocycles. The van der Waals surface area contributed by atoms with Crippen LogP contribution in [0.1, 0.15) is 10.4 Å². The lowest BCUT2D eigenvalue weighted by Crippen LogP contribution is -2.13. The van der Waals surface area contributed by atoms with Crippen molar-refractivity contribution < 1.29 is 9.53 Å². The molecule has 2 aromatic rings. The van der Waals surface area contributed by atoms with Gasteiger partial charge in [-0.15, -0.1) is 0 Å². The summed E-state index contributed by atoms with van der Waals surface area (Å²) < 4.78 is 6.70. The zero-order chi connectivity index (χ0) is 14.7. The van der Waals surface area contributed by atoms with Crippen molar-refractivity contribution in [3.63, 3.8) is 0 Å². The third kappa shape index (κ3) is 3.13. The fourth-order valence-electron chi connectivity index (χ4n) is 1.66. The van der Waals surface area contributed by atoms with Crippen molar-refractivity contribution in [1.29, 1.82) is 0 Å². The molecular formula is C14H12Br2N2O2. The quantitative estimate of drug-likeness (QED) is 0.765. The summed E-state index contributed by atoms with van der Waals surface area (Å²) in [7, 11) is 1.51. The van der Waals surface area contributed by atoms with Gasteiger partial charge in [0.25, 0.3) is 5.91 Å². The van der Waals surface area contributed by atoms with Crippen molar-refractivity contribution >= 4 is 49.1 Å². The predicted molar refractivity (Wildman–Crippen MR) is 87.2 cm³/mol. The van der Waals surface area contributed by atoms with Gasteiger partial charge in [0.1, 0.15) is 5.75 Å². The number of methoxy groups -OCH3 is 1. The van der Waals surface area contributed by atoms with Gasteiger partial charge in [-0.2, -0.15) is 0 Å². The lowest BCUT2D eigenvalue weighted by atomic mass is 10.1. The maximum Gasteiger partial charge on any atom is 0.255 e. The minimum Gasteiger partial charge on any atom is -0.495 e. The first kappa shape index (κ1) is 14.9. The molecule has 0 atom stereocenters. The number of hydrogen-bond acceptors (Lipinski definition) is 3. The molecule has 0 unspecified atom stereocenters. The third-order valence-corrected chi connectivity index (χ3v) is 4.02.